The number of hydrogen-bond donors (Lipinski definition) is 0. The molecule has 1 aliphatic heterocycles. The monoisotopic (exact) mass is 223 g/mol. The molecule has 0 bridgehead atoms. The van der Waals surface area contributed by atoms with Crippen molar-refractivity contribution in [2.24, 2.45) is 7.05 Å². The Kier molecular flexibility index (Phi) is 2.96. The van der Waals surface area contributed by atoms with Gasteiger partial charge in [0.2, 0.25) is 0 Å². The number of carbonyl (C=O) groups is 1. The average molecular weight is 223 g/mol. The summed E-state index contributed by atoms with van der Waals surface area (Å²) in [5.74, 6) is 0.0296. The maximum Gasteiger partial charge on any atom is 0.272 e. The smallest absolute Gasteiger partial charge is 0.272 e. The molecule has 0 spiro atoms. The van der Waals surface area contributed by atoms with Crippen molar-refractivity contribution in [3.8, 4) is 0 Å². The van der Waals surface area contributed by atoms with Crippen LogP contribution in [0.15, 0.2) is 12.5 Å². The highest BCUT2D eigenvalue weighted by molar-refractivity contribution is 5.92. The molecular weight excluding hydrogens is 206 g/mol. The summed E-state index contributed by atoms with van der Waals surface area (Å²) in [5, 5.41) is 0. The molecule has 2 heterocycles. The summed E-state index contributed by atoms with van der Waals surface area (Å²) in [6.07, 6.45) is 3.44. The summed E-state index contributed by atoms with van der Waals surface area (Å²) < 4.78 is 7.34. The van der Waals surface area contributed by atoms with E-state index in [4.69, 9.17) is 4.74 Å². The van der Waals surface area contributed by atoms with Crippen LogP contribution in [0, 0.1) is 0 Å². The third-order valence-electron chi connectivity index (χ3n) is 2.74. The van der Waals surface area contributed by atoms with Crippen molar-refractivity contribution in [3.05, 3.63) is 18.2 Å². The number of carbonyl (C=O) groups excluding carboxylic acids is 1. The van der Waals surface area contributed by atoms with Crippen LogP contribution in [-0.2, 0) is 11.8 Å². The van der Waals surface area contributed by atoms with Crippen LogP contribution in [0.25, 0.3) is 0 Å². The highest BCUT2D eigenvalue weighted by Crippen LogP contribution is 2.13. The number of morpholine rings is 1. The van der Waals surface area contributed by atoms with E-state index in [1.165, 1.54) is 0 Å². The molecule has 88 valence electrons. The first kappa shape index (κ1) is 11.1. The second-order valence-electron chi connectivity index (χ2n) is 4.36. The zero-order valence-corrected chi connectivity index (χ0v) is 9.88. The van der Waals surface area contributed by atoms with Gasteiger partial charge in [0.15, 0.2) is 0 Å². The second kappa shape index (κ2) is 4.25. The SMILES string of the molecule is C[C@@H]1CN(C(=O)c2cncn2C)C[C@H](C)O1. The van der Waals surface area contributed by atoms with Crippen LogP contribution in [0.2, 0.25) is 0 Å². The van der Waals surface area contributed by atoms with Crippen LogP contribution in [-0.4, -0.2) is 45.7 Å². The number of hydrogen-bond acceptors (Lipinski definition) is 3. The average Bonchev–Trinajstić information content (AvgIpc) is 2.62. The highest BCUT2D eigenvalue weighted by atomic mass is 16.5. The lowest BCUT2D eigenvalue weighted by atomic mass is 10.2. The van der Waals surface area contributed by atoms with Crippen molar-refractivity contribution in [1.82, 2.24) is 14.5 Å². The molecule has 5 heteroatoms. The summed E-state index contributed by atoms with van der Waals surface area (Å²) in [6.45, 7) is 5.26. The van der Waals surface area contributed by atoms with Crippen LogP contribution in [0.5, 0.6) is 0 Å². The lowest BCUT2D eigenvalue weighted by Crippen LogP contribution is -2.48. The minimum atomic E-state index is 0.0296. The van der Waals surface area contributed by atoms with Gasteiger partial charge >= 0.3 is 0 Å². The molecule has 0 unspecified atom stereocenters. The van der Waals surface area contributed by atoms with Gasteiger partial charge < -0.3 is 14.2 Å². The predicted octanol–water partition coefficient (Wildman–Crippen LogP) is 0.669. The Morgan fingerprint density at radius 2 is 2.06 bits per heavy atom. The fraction of sp³-hybridized carbons (Fsp3) is 0.636. The largest absolute Gasteiger partial charge is 0.372 e. The molecule has 1 fully saturated rings. The molecule has 0 saturated carbocycles. The van der Waals surface area contributed by atoms with Gasteiger partial charge in [-0.3, -0.25) is 4.79 Å². The van der Waals surface area contributed by atoms with Gasteiger partial charge in [0.25, 0.3) is 5.91 Å². The van der Waals surface area contributed by atoms with Crippen molar-refractivity contribution < 1.29 is 9.53 Å². The summed E-state index contributed by atoms with van der Waals surface area (Å²) in [4.78, 5) is 18.0. The Labute approximate surface area is 95.0 Å². The van der Waals surface area contributed by atoms with E-state index in [1.807, 2.05) is 25.8 Å². The first-order valence-corrected chi connectivity index (χ1v) is 5.49. The van der Waals surface area contributed by atoms with E-state index < -0.39 is 0 Å². The molecule has 1 amide bonds. The third-order valence-corrected chi connectivity index (χ3v) is 2.74. The van der Waals surface area contributed by atoms with E-state index in [0.29, 0.717) is 18.8 Å². The molecule has 2 atom stereocenters. The maximum atomic E-state index is 12.2. The van der Waals surface area contributed by atoms with Crippen molar-refractivity contribution in [2.75, 3.05) is 13.1 Å². The molecule has 2 rings (SSSR count). The van der Waals surface area contributed by atoms with Crippen LogP contribution in [0.1, 0.15) is 24.3 Å². The molecular formula is C11H17N3O2. The van der Waals surface area contributed by atoms with Crippen LogP contribution in [0.3, 0.4) is 0 Å². The zero-order chi connectivity index (χ0) is 11.7. The summed E-state index contributed by atoms with van der Waals surface area (Å²) in [7, 11) is 1.83. The lowest BCUT2D eigenvalue weighted by Gasteiger charge is -2.35. The number of aromatic nitrogens is 2. The fourth-order valence-corrected chi connectivity index (χ4v) is 2.07. The first-order chi connectivity index (χ1) is 7.58. The summed E-state index contributed by atoms with van der Waals surface area (Å²) in [5.41, 5.74) is 0.626. The van der Waals surface area contributed by atoms with Gasteiger partial charge in [-0.25, -0.2) is 4.98 Å². The quantitative estimate of drug-likeness (QED) is 0.703. The van der Waals surface area contributed by atoms with E-state index >= 15 is 0 Å². The van der Waals surface area contributed by atoms with Gasteiger partial charge in [0.05, 0.1) is 24.7 Å². The number of nitrogens with zero attached hydrogens (tertiary/aromatic N) is 3. The minimum Gasteiger partial charge on any atom is -0.372 e. The van der Waals surface area contributed by atoms with Crippen LogP contribution in [0.4, 0.5) is 0 Å². The second-order valence-corrected chi connectivity index (χ2v) is 4.36. The van der Waals surface area contributed by atoms with Crippen molar-refractivity contribution in [2.45, 2.75) is 26.1 Å². The van der Waals surface area contributed by atoms with E-state index in [9.17, 15) is 4.79 Å². The minimum absolute atomic E-state index is 0.0296. The topological polar surface area (TPSA) is 47.4 Å². The predicted molar refractivity (Wildman–Crippen MR) is 59.1 cm³/mol. The molecule has 0 aromatic carbocycles. The Morgan fingerprint density at radius 3 is 2.56 bits per heavy atom. The highest BCUT2D eigenvalue weighted by Gasteiger charge is 2.27. The van der Waals surface area contributed by atoms with E-state index in [0.717, 1.165) is 0 Å². The van der Waals surface area contributed by atoms with Crippen molar-refractivity contribution >= 4 is 5.91 Å². The number of ether oxygens (including phenoxy) is 1. The van der Waals surface area contributed by atoms with Gasteiger partial charge in [-0.05, 0) is 13.8 Å². The molecule has 0 radical (unpaired) electrons. The molecule has 16 heavy (non-hydrogen) atoms. The molecule has 1 aromatic heterocycles. The Hall–Kier alpha value is -1.36. The standard InChI is InChI=1S/C11H17N3O2/c1-8-5-14(6-9(2)16-8)11(15)10-4-12-7-13(10)3/h4,7-9H,5-6H2,1-3H3/t8-,9+. The molecule has 0 aliphatic carbocycles. The number of rotatable bonds is 1. The summed E-state index contributed by atoms with van der Waals surface area (Å²) >= 11 is 0. The van der Waals surface area contributed by atoms with Crippen LogP contribution >= 0.6 is 0 Å². The number of amides is 1. The van der Waals surface area contributed by atoms with E-state index in [1.54, 1.807) is 17.1 Å². The van der Waals surface area contributed by atoms with Crippen molar-refractivity contribution in [1.29, 1.82) is 0 Å². The molecule has 5 nitrogen and oxygen atoms in total. The first-order valence-electron chi connectivity index (χ1n) is 5.49. The zero-order valence-electron chi connectivity index (χ0n) is 9.88. The van der Waals surface area contributed by atoms with E-state index in [-0.39, 0.29) is 18.1 Å². The number of imidazole rings is 1. The van der Waals surface area contributed by atoms with Crippen molar-refractivity contribution in [3.63, 3.8) is 0 Å². The molecule has 1 aromatic rings. The fourth-order valence-electron chi connectivity index (χ4n) is 2.07. The van der Waals surface area contributed by atoms with Gasteiger partial charge in [-0.2, -0.15) is 0 Å². The number of aryl methyl sites for hydroxylation is 1. The Bertz CT molecular complexity index is 378. The lowest BCUT2D eigenvalue weighted by molar-refractivity contribution is -0.0588. The van der Waals surface area contributed by atoms with Gasteiger partial charge in [-0.15, -0.1) is 0 Å². The Morgan fingerprint density at radius 1 is 1.44 bits per heavy atom. The maximum absolute atomic E-state index is 12.2. The normalized spacial score (nSPS) is 25.8. The van der Waals surface area contributed by atoms with E-state index in [2.05, 4.69) is 4.98 Å². The van der Waals surface area contributed by atoms with Gasteiger partial charge in [-0.1, -0.05) is 0 Å². The van der Waals surface area contributed by atoms with Crippen LogP contribution < -0.4 is 0 Å². The third kappa shape index (κ3) is 2.09. The molecule has 1 saturated heterocycles. The van der Waals surface area contributed by atoms with Gasteiger partial charge in [0.1, 0.15) is 5.69 Å². The Balaban J connectivity index is 2.13. The molecule has 1 aliphatic rings. The summed E-state index contributed by atoms with van der Waals surface area (Å²) in [6, 6.07) is 0. The van der Waals surface area contributed by atoms with Gasteiger partial charge in [0, 0.05) is 20.1 Å². The molecule has 0 N–H and O–H groups in total.